The lowest BCUT2D eigenvalue weighted by atomic mass is 9.99. The van der Waals surface area contributed by atoms with Gasteiger partial charge in [0.2, 0.25) is 6.29 Å². The first-order chi connectivity index (χ1) is 14.3. The maximum absolute atomic E-state index is 12.3. The SMILES string of the molecule is O=C(C=Cc1ccc(O)cc1)c1ccc(O[C@@H]2O[C@H](CO)[C@@H](O)[C@H](O)[C@H]2O)cc1O. The van der Waals surface area contributed by atoms with Gasteiger partial charge in [0.15, 0.2) is 5.78 Å². The summed E-state index contributed by atoms with van der Waals surface area (Å²) in [4.78, 5) is 12.3. The number of benzene rings is 2. The molecule has 160 valence electrons. The van der Waals surface area contributed by atoms with Crippen molar-refractivity contribution in [1.82, 2.24) is 0 Å². The highest BCUT2D eigenvalue weighted by molar-refractivity contribution is 6.08. The van der Waals surface area contributed by atoms with E-state index in [1.54, 1.807) is 12.1 Å². The summed E-state index contributed by atoms with van der Waals surface area (Å²) in [6.07, 6.45) is -4.46. The molecule has 0 saturated carbocycles. The predicted molar refractivity (Wildman–Crippen MR) is 104 cm³/mol. The van der Waals surface area contributed by atoms with Crippen molar-refractivity contribution in [1.29, 1.82) is 0 Å². The molecule has 2 aromatic carbocycles. The second-order valence-electron chi connectivity index (χ2n) is 6.78. The summed E-state index contributed by atoms with van der Waals surface area (Å²) in [5.41, 5.74) is 0.689. The summed E-state index contributed by atoms with van der Waals surface area (Å²) in [7, 11) is 0. The van der Waals surface area contributed by atoms with Gasteiger partial charge in [-0.25, -0.2) is 0 Å². The van der Waals surface area contributed by atoms with Crippen LogP contribution < -0.4 is 4.74 Å². The molecule has 0 amide bonds. The van der Waals surface area contributed by atoms with E-state index in [4.69, 9.17) is 9.47 Å². The second-order valence-corrected chi connectivity index (χ2v) is 6.78. The fraction of sp³-hybridized carbons (Fsp3) is 0.286. The molecule has 3 rings (SSSR count). The van der Waals surface area contributed by atoms with Crippen LogP contribution in [-0.4, -0.2) is 73.7 Å². The first-order valence-electron chi connectivity index (χ1n) is 9.12. The smallest absolute Gasteiger partial charge is 0.229 e. The van der Waals surface area contributed by atoms with E-state index in [2.05, 4.69) is 0 Å². The van der Waals surface area contributed by atoms with Crippen molar-refractivity contribution in [3.8, 4) is 17.2 Å². The van der Waals surface area contributed by atoms with Gasteiger partial charge in [-0.15, -0.1) is 0 Å². The molecule has 0 unspecified atom stereocenters. The number of aliphatic hydroxyl groups excluding tert-OH is 4. The maximum atomic E-state index is 12.3. The number of aromatic hydroxyl groups is 2. The number of hydrogen-bond acceptors (Lipinski definition) is 9. The molecule has 2 aromatic rings. The first kappa shape index (κ1) is 21.8. The normalized spacial score (nSPS) is 26.6. The number of ketones is 1. The molecule has 1 aliphatic heterocycles. The number of ether oxygens (including phenoxy) is 2. The Morgan fingerprint density at radius 3 is 2.33 bits per heavy atom. The van der Waals surface area contributed by atoms with E-state index in [1.165, 1.54) is 36.4 Å². The third-order valence-electron chi connectivity index (χ3n) is 4.66. The third-order valence-corrected chi connectivity index (χ3v) is 4.66. The maximum Gasteiger partial charge on any atom is 0.229 e. The van der Waals surface area contributed by atoms with Crippen molar-refractivity contribution < 1.29 is 44.9 Å². The average Bonchev–Trinajstić information content (AvgIpc) is 2.73. The van der Waals surface area contributed by atoms with Crippen LogP contribution >= 0.6 is 0 Å². The van der Waals surface area contributed by atoms with E-state index in [1.807, 2.05) is 0 Å². The zero-order chi connectivity index (χ0) is 21.8. The number of phenols is 2. The van der Waals surface area contributed by atoms with Gasteiger partial charge in [-0.1, -0.05) is 18.2 Å². The molecule has 0 spiro atoms. The van der Waals surface area contributed by atoms with Crippen molar-refractivity contribution in [2.75, 3.05) is 6.61 Å². The molecule has 9 heteroatoms. The topological polar surface area (TPSA) is 157 Å². The van der Waals surface area contributed by atoms with Gasteiger partial charge in [0.05, 0.1) is 12.2 Å². The number of phenolic OH excluding ortho intramolecular Hbond substituents is 2. The van der Waals surface area contributed by atoms with Gasteiger partial charge in [0.1, 0.15) is 41.7 Å². The Morgan fingerprint density at radius 1 is 1.00 bits per heavy atom. The van der Waals surface area contributed by atoms with E-state index >= 15 is 0 Å². The fourth-order valence-corrected chi connectivity index (χ4v) is 2.94. The monoisotopic (exact) mass is 418 g/mol. The highest BCUT2D eigenvalue weighted by Crippen LogP contribution is 2.28. The van der Waals surface area contributed by atoms with Gasteiger partial charge in [0, 0.05) is 6.07 Å². The van der Waals surface area contributed by atoms with Crippen LogP contribution in [0.15, 0.2) is 48.5 Å². The number of hydrogen-bond donors (Lipinski definition) is 6. The van der Waals surface area contributed by atoms with Crippen LogP contribution in [0.4, 0.5) is 0 Å². The van der Waals surface area contributed by atoms with Gasteiger partial charge in [-0.05, 0) is 35.9 Å². The number of allylic oxidation sites excluding steroid dienone is 1. The number of carbonyl (C=O) groups is 1. The van der Waals surface area contributed by atoms with E-state index in [0.717, 1.165) is 6.07 Å². The lowest BCUT2D eigenvalue weighted by Crippen LogP contribution is -2.60. The Labute approximate surface area is 171 Å². The minimum Gasteiger partial charge on any atom is -0.508 e. The summed E-state index contributed by atoms with van der Waals surface area (Å²) in [6, 6.07) is 10.0. The molecule has 0 bridgehead atoms. The van der Waals surface area contributed by atoms with Crippen molar-refractivity contribution in [3.05, 3.63) is 59.7 Å². The van der Waals surface area contributed by atoms with Crippen molar-refractivity contribution in [2.45, 2.75) is 30.7 Å². The second kappa shape index (κ2) is 9.24. The number of rotatable bonds is 6. The summed E-state index contributed by atoms with van der Waals surface area (Å²) in [5, 5.41) is 58.2. The minimum atomic E-state index is -1.60. The summed E-state index contributed by atoms with van der Waals surface area (Å²) in [6.45, 7) is -0.600. The molecule has 30 heavy (non-hydrogen) atoms. The zero-order valence-corrected chi connectivity index (χ0v) is 15.7. The van der Waals surface area contributed by atoms with E-state index < -0.39 is 43.1 Å². The molecular weight excluding hydrogens is 396 g/mol. The van der Waals surface area contributed by atoms with Crippen LogP contribution in [0.1, 0.15) is 15.9 Å². The summed E-state index contributed by atoms with van der Waals surface area (Å²) >= 11 is 0. The largest absolute Gasteiger partial charge is 0.508 e. The Balaban J connectivity index is 1.70. The Bertz CT molecular complexity index is 907. The van der Waals surface area contributed by atoms with Gasteiger partial charge in [0.25, 0.3) is 0 Å². The average molecular weight is 418 g/mol. The van der Waals surface area contributed by atoms with E-state index in [0.29, 0.717) is 5.56 Å². The molecule has 9 nitrogen and oxygen atoms in total. The molecule has 0 radical (unpaired) electrons. The van der Waals surface area contributed by atoms with Crippen molar-refractivity contribution >= 4 is 11.9 Å². The lowest BCUT2D eigenvalue weighted by Gasteiger charge is -2.39. The lowest BCUT2D eigenvalue weighted by molar-refractivity contribution is -0.277. The van der Waals surface area contributed by atoms with Crippen LogP contribution in [0.5, 0.6) is 17.2 Å². The van der Waals surface area contributed by atoms with Crippen LogP contribution in [-0.2, 0) is 4.74 Å². The van der Waals surface area contributed by atoms with Gasteiger partial charge >= 0.3 is 0 Å². The molecule has 1 heterocycles. The van der Waals surface area contributed by atoms with Crippen LogP contribution in [0.3, 0.4) is 0 Å². The molecule has 1 fully saturated rings. The molecule has 6 N–H and O–H groups in total. The zero-order valence-electron chi connectivity index (χ0n) is 15.7. The Hall–Kier alpha value is -2.95. The molecule has 0 aromatic heterocycles. The number of carbonyl (C=O) groups excluding carboxylic acids is 1. The first-order valence-corrected chi connectivity index (χ1v) is 9.12. The fourth-order valence-electron chi connectivity index (χ4n) is 2.94. The number of aliphatic hydroxyl groups is 4. The quantitative estimate of drug-likeness (QED) is 0.284. The predicted octanol–water partition coefficient (Wildman–Crippen LogP) is 0.173. The highest BCUT2D eigenvalue weighted by atomic mass is 16.7. The summed E-state index contributed by atoms with van der Waals surface area (Å²) in [5.74, 6) is -0.709. The Kier molecular flexibility index (Phi) is 6.70. The molecule has 1 aliphatic rings. The van der Waals surface area contributed by atoms with Crippen LogP contribution in [0.2, 0.25) is 0 Å². The van der Waals surface area contributed by atoms with Crippen molar-refractivity contribution in [3.63, 3.8) is 0 Å². The van der Waals surface area contributed by atoms with Crippen molar-refractivity contribution in [2.24, 2.45) is 0 Å². The van der Waals surface area contributed by atoms with Crippen LogP contribution in [0.25, 0.3) is 6.08 Å². The van der Waals surface area contributed by atoms with Gasteiger partial charge in [-0.2, -0.15) is 0 Å². The molecule has 0 aliphatic carbocycles. The third kappa shape index (κ3) is 4.78. The van der Waals surface area contributed by atoms with Gasteiger partial charge < -0.3 is 40.1 Å². The molecular formula is C21H22O9. The standard InChI is InChI=1S/C21H22O9/c22-10-17-18(26)19(27)20(28)21(30-17)29-13-6-7-14(16(25)9-13)15(24)8-3-11-1-4-12(23)5-2-11/h1-9,17-23,25-28H,10H2/t17-,18-,19+,20-,21-/m1/s1. The van der Waals surface area contributed by atoms with E-state index in [9.17, 15) is 35.4 Å². The Morgan fingerprint density at radius 2 is 1.70 bits per heavy atom. The molecule has 5 atom stereocenters. The highest BCUT2D eigenvalue weighted by Gasteiger charge is 2.44. The van der Waals surface area contributed by atoms with E-state index in [-0.39, 0.29) is 22.8 Å². The molecule has 1 saturated heterocycles. The van der Waals surface area contributed by atoms with Crippen LogP contribution in [0, 0.1) is 0 Å². The van der Waals surface area contributed by atoms with Gasteiger partial charge in [-0.3, -0.25) is 4.79 Å². The minimum absolute atomic E-state index is 0.00572. The summed E-state index contributed by atoms with van der Waals surface area (Å²) < 4.78 is 10.6.